The Balaban J connectivity index is 1.55. The van der Waals surface area contributed by atoms with Crippen LogP contribution in [0.3, 0.4) is 0 Å². The highest BCUT2D eigenvalue weighted by Gasteiger charge is 2.39. The minimum absolute atomic E-state index is 0.0554. The zero-order valence-corrected chi connectivity index (χ0v) is 23.5. The van der Waals surface area contributed by atoms with E-state index in [1.165, 1.54) is 0 Å². The van der Waals surface area contributed by atoms with E-state index in [1.807, 2.05) is 48.3 Å². The molecule has 2 saturated heterocycles. The second-order valence-electron chi connectivity index (χ2n) is 9.62. The molecule has 2 aliphatic rings. The Morgan fingerprint density at radius 1 is 0.917 bits per heavy atom. The average molecular weight is 595 g/mol. The normalized spacial score (nSPS) is 20.8. The maximum Gasteiger partial charge on any atom is 0.253 e. The molecule has 0 aromatic heterocycles. The van der Waals surface area contributed by atoms with Crippen LogP contribution in [0.2, 0.25) is 10.0 Å². The number of likely N-dealkylation sites (tertiary alicyclic amines) is 2. The third-order valence-electron chi connectivity index (χ3n) is 7.46. The molecule has 2 atom stereocenters. The minimum atomic E-state index is -0.112. The van der Waals surface area contributed by atoms with Crippen molar-refractivity contribution in [2.75, 3.05) is 33.2 Å². The summed E-state index contributed by atoms with van der Waals surface area (Å²) in [4.78, 5) is 44.0. The van der Waals surface area contributed by atoms with Gasteiger partial charge in [-0.05, 0) is 61.2 Å². The third kappa shape index (κ3) is 5.90. The lowest BCUT2D eigenvalue weighted by Gasteiger charge is -2.44. The molecule has 0 saturated carbocycles. The van der Waals surface area contributed by atoms with Crippen LogP contribution < -0.4 is 0 Å². The summed E-state index contributed by atoms with van der Waals surface area (Å²) in [7, 11) is 1.83. The molecule has 2 aromatic carbocycles. The van der Waals surface area contributed by atoms with Gasteiger partial charge < -0.3 is 14.7 Å². The van der Waals surface area contributed by atoms with Gasteiger partial charge in [0.2, 0.25) is 11.8 Å². The number of nitrogens with zero attached hydrogens (tertiary/aromatic N) is 3. The fourth-order valence-corrected chi connectivity index (χ4v) is 5.89. The van der Waals surface area contributed by atoms with Gasteiger partial charge in [0.25, 0.3) is 5.91 Å². The van der Waals surface area contributed by atoms with Gasteiger partial charge in [-0.3, -0.25) is 14.4 Å². The molecule has 3 amide bonds. The summed E-state index contributed by atoms with van der Waals surface area (Å²) in [5, 5.41) is 0.923. The highest BCUT2D eigenvalue weighted by molar-refractivity contribution is 9.10. The predicted octanol–water partition coefficient (Wildman–Crippen LogP) is 5.47. The second-order valence-corrected chi connectivity index (χ2v) is 11.4. The monoisotopic (exact) mass is 593 g/mol. The van der Waals surface area contributed by atoms with Crippen molar-refractivity contribution in [3.8, 4) is 0 Å². The fourth-order valence-electron chi connectivity index (χ4n) is 5.32. The van der Waals surface area contributed by atoms with Gasteiger partial charge >= 0.3 is 0 Å². The number of halogens is 3. The molecule has 4 rings (SSSR count). The second kappa shape index (κ2) is 11.5. The topological polar surface area (TPSA) is 60.9 Å². The van der Waals surface area contributed by atoms with Gasteiger partial charge in [-0.15, -0.1) is 0 Å². The highest BCUT2D eigenvalue weighted by Crippen LogP contribution is 2.35. The van der Waals surface area contributed by atoms with Crippen LogP contribution in [0.5, 0.6) is 0 Å². The molecule has 0 N–H and O–H groups in total. The smallest absolute Gasteiger partial charge is 0.253 e. The van der Waals surface area contributed by atoms with Crippen LogP contribution in [-0.2, 0) is 9.59 Å². The van der Waals surface area contributed by atoms with Gasteiger partial charge in [-0.2, -0.15) is 0 Å². The number of hydrogen-bond donors (Lipinski definition) is 0. The minimum Gasteiger partial charge on any atom is -0.343 e. The first-order chi connectivity index (χ1) is 17.2. The number of rotatable bonds is 4. The fraction of sp³-hybridized carbons (Fsp3) is 0.444. The maximum absolute atomic E-state index is 13.5. The average Bonchev–Trinajstić information content (AvgIpc) is 2.89. The van der Waals surface area contributed by atoms with Crippen molar-refractivity contribution in [3.05, 3.63) is 68.1 Å². The van der Waals surface area contributed by atoms with Crippen molar-refractivity contribution in [3.63, 3.8) is 0 Å². The van der Waals surface area contributed by atoms with Crippen LogP contribution in [0.25, 0.3) is 0 Å². The molecule has 0 aliphatic carbocycles. The van der Waals surface area contributed by atoms with Crippen molar-refractivity contribution < 1.29 is 14.4 Å². The Hall–Kier alpha value is -2.09. The van der Waals surface area contributed by atoms with Gasteiger partial charge in [0.05, 0.1) is 10.0 Å². The predicted molar refractivity (Wildman–Crippen MR) is 145 cm³/mol. The van der Waals surface area contributed by atoms with Crippen LogP contribution in [0.4, 0.5) is 0 Å². The molecular formula is C27H30BrCl2N3O3. The first kappa shape index (κ1) is 27.0. The molecule has 2 aliphatic heterocycles. The molecule has 9 heteroatoms. The highest BCUT2D eigenvalue weighted by atomic mass is 79.9. The van der Waals surface area contributed by atoms with Gasteiger partial charge in [0.15, 0.2) is 0 Å². The summed E-state index contributed by atoms with van der Waals surface area (Å²) >= 11 is 16.0. The van der Waals surface area contributed by atoms with E-state index in [1.54, 1.807) is 22.8 Å². The van der Waals surface area contributed by atoms with Gasteiger partial charge in [-0.1, -0.05) is 45.2 Å². The molecule has 36 heavy (non-hydrogen) atoms. The van der Waals surface area contributed by atoms with E-state index in [-0.39, 0.29) is 35.6 Å². The van der Waals surface area contributed by atoms with E-state index in [0.717, 1.165) is 10.0 Å². The van der Waals surface area contributed by atoms with E-state index in [0.29, 0.717) is 61.1 Å². The van der Waals surface area contributed by atoms with Crippen LogP contribution >= 0.6 is 39.1 Å². The molecule has 192 valence electrons. The molecular weight excluding hydrogens is 565 g/mol. The number of likely N-dealkylation sites (N-methyl/N-ethyl adjacent to an activating group) is 1. The molecule has 2 fully saturated rings. The number of piperidine rings is 2. The van der Waals surface area contributed by atoms with E-state index < -0.39 is 0 Å². The Morgan fingerprint density at radius 3 is 2.17 bits per heavy atom. The van der Waals surface area contributed by atoms with Crippen molar-refractivity contribution in [2.24, 2.45) is 5.92 Å². The van der Waals surface area contributed by atoms with Crippen LogP contribution in [0.15, 0.2) is 46.9 Å². The zero-order valence-electron chi connectivity index (χ0n) is 20.4. The number of carbonyl (C=O) groups excluding carboxylic acids is 3. The zero-order chi connectivity index (χ0) is 26.0. The summed E-state index contributed by atoms with van der Waals surface area (Å²) in [6, 6.07) is 12.8. The van der Waals surface area contributed by atoms with Gasteiger partial charge in [-0.25, -0.2) is 0 Å². The van der Waals surface area contributed by atoms with Crippen LogP contribution in [-0.4, -0.2) is 71.7 Å². The SMILES string of the molecule is CC(=O)N1CCC(C(=O)N2CC[C@@H](N(C)C(=O)c3ccc(Br)cc3)[C@H](c3ccc(Cl)c(Cl)c3)C2)CC1. The summed E-state index contributed by atoms with van der Waals surface area (Å²) in [6.45, 7) is 3.87. The van der Waals surface area contributed by atoms with E-state index in [9.17, 15) is 14.4 Å². The summed E-state index contributed by atoms with van der Waals surface area (Å²) < 4.78 is 0.913. The Bertz CT molecular complexity index is 1140. The van der Waals surface area contributed by atoms with Crippen LogP contribution in [0, 0.1) is 5.92 Å². The molecule has 2 heterocycles. The van der Waals surface area contributed by atoms with Crippen molar-refractivity contribution in [2.45, 2.75) is 38.1 Å². The van der Waals surface area contributed by atoms with Crippen molar-refractivity contribution in [1.82, 2.24) is 14.7 Å². The Kier molecular flexibility index (Phi) is 8.63. The Labute approximate surface area is 230 Å². The first-order valence-corrected chi connectivity index (χ1v) is 13.7. The Morgan fingerprint density at radius 2 is 1.56 bits per heavy atom. The lowest BCUT2D eigenvalue weighted by Crippen LogP contribution is -2.53. The molecule has 0 bridgehead atoms. The number of hydrogen-bond acceptors (Lipinski definition) is 3. The quantitative estimate of drug-likeness (QED) is 0.471. The third-order valence-corrected chi connectivity index (χ3v) is 8.73. The number of carbonyl (C=O) groups is 3. The van der Waals surface area contributed by atoms with Crippen molar-refractivity contribution >= 4 is 56.9 Å². The number of amides is 3. The molecule has 0 spiro atoms. The summed E-state index contributed by atoms with van der Waals surface area (Å²) in [6.07, 6.45) is 2.01. The van der Waals surface area contributed by atoms with Crippen LogP contribution in [0.1, 0.15) is 48.0 Å². The van der Waals surface area contributed by atoms with Crippen molar-refractivity contribution in [1.29, 1.82) is 0 Å². The number of benzene rings is 2. The first-order valence-electron chi connectivity index (χ1n) is 12.2. The maximum atomic E-state index is 13.5. The molecule has 2 aromatic rings. The summed E-state index contributed by atoms with van der Waals surface area (Å²) in [5.41, 5.74) is 1.57. The lowest BCUT2D eigenvalue weighted by molar-refractivity contribution is -0.141. The van der Waals surface area contributed by atoms with E-state index in [4.69, 9.17) is 23.2 Å². The lowest BCUT2D eigenvalue weighted by atomic mass is 9.83. The largest absolute Gasteiger partial charge is 0.343 e. The molecule has 6 nitrogen and oxygen atoms in total. The molecule has 0 unspecified atom stereocenters. The summed E-state index contributed by atoms with van der Waals surface area (Å²) in [5.74, 6) is -0.0784. The standard InChI is InChI=1S/C27H30BrCl2N3O3/c1-17(34)32-12-9-19(10-13-32)27(36)33-14-11-25(22(16-33)20-5-8-23(29)24(30)15-20)31(2)26(35)18-3-6-21(28)7-4-18/h3-8,15,19,22,25H,9-14,16H2,1-2H3/t22-,25+/m0/s1. The van der Waals surface area contributed by atoms with Gasteiger partial charge in [0.1, 0.15) is 0 Å². The van der Waals surface area contributed by atoms with E-state index >= 15 is 0 Å². The van der Waals surface area contributed by atoms with E-state index in [2.05, 4.69) is 15.9 Å². The van der Waals surface area contributed by atoms with Gasteiger partial charge in [0, 0.05) is 68.1 Å². The molecule has 0 radical (unpaired) electrons.